The van der Waals surface area contributed by atoms with Gasteiger partial charge in [0.05, 0.1) is 5.56 Å². The second-order valence-electron chi connectivity index (χ2n) is 2.70. The molecule has 1 aromatic rings. The molecule has 0 bridgehead atoms. The minimum absolute atomic E-state index is 0.374. The fourth-order valence-corrected chi connectivity index (χ4v) is 1.22. The standard InChI is InChI=1S/C8H5ClF5N/c9-2-4-1-6(7(10)11)15-3-5(4)8(12,13)14/h1,3,7H,2H2. The number of hydrogen-bond donors (Lipinski definition) is 0. The molecule has 1 rings (SSSR count). The molecule has 0 N–H and O–H groups in total. The number of nitrogens with zero attached hydrogens (tertiary/aromatic N) is 1. The van der Waals surface area contributed by atoms with Crippen LogP contribution in [-0.4, -0.2) is 4.98 Å². The highest BCUT2D eigenvalue weighted by atomic mass is 35.5. The molecule has 1 heterocycles. The van der Waals surface area contributed by atoms with Crippen LogP contribution in [0, 0.1) is 0 Å². The molecule has 0 aliphatic rings. The van der Waals surface area contributed by atoms with E-state index in [0.717, 1.165) is 0 Å². The van der Waals surface area contributed by atoms with Crippen LogP contribution in [0.2, 0.25) is 0 Å². The third-order valence-electron chi connectivity index (χ3n) is 1.68. The molecule has 7 heteroatoms. The zero-order valence-electron chi connectivity index (χ0n) is 7.15. The van der Waals surface area contributed by atoms with Crippen LogP contribution in [-0.2, 0) is 12.1 Å². The van der Waals surface area contributed by atoms with Crippen molar-refractivity contribution in [1.82, 2.24) is 4.98 Å². The van der Waals surface area contributed by atoms with Crippen LogP contribution in [0.5, 0.6) is 0 Å². The van der Waals surface area contributed by atoms with E-state index >= 15 is 0 Å². The van der Waals surface area contributed by atoms with Crippen molar-refractivity contribution < 1.29 is 22.0 Å². The first-order valence-electron chi connectivity index (χ1n) is 3.76. The van der Waals surface area contributed by atoms with Crippen molar-refractivity contribution in [3.63, 3.8) is 0 Å². The van der Waals surface area contributed by atoms with Gasteiger partial charge in [0.15, 0.2) is 0 Å². The first-order chi connectivity index (χ1) is 6.86. The molecule has 0 atom stereocenters. The fourth-order valence-electron chi connectivity index (χ4n) is 1.00. The third-order valence-corrected chi connectivity index (χ3v) is 1.97. The maximum Gasteiger partial charge on any atom is 0.418 e. The lowest BCUT2D eigenvalue weighted by atomic mass is 10.1. The lowest BCUT2D eigenvalue weighted by Crippen LogP contribution is -2.10. The summed E-state index contributed by atoms with van der Waals surface area (Å²) in [6.07, 6.45) is -7.16. The summed E-state index contributed by atoms with van der Waals surface area (Å²) in [4.78, 5) is 3.02. The van der Waals surface area contributed by atoms with Gasteiger partial charge in [-0.3, -0.25) is 4.98 Å². The molecule has 1 aromatic heterocycles. The highest BCUT2D eigenvalue weighted by Crippen LogP contribution is 2.33. The predicted octanol–water partition coefficient (Wildman–Crippen LogP) is 3.78. The summed E-state index contributed by atoms with van der Waals surface area (Å²) in [6.45, 7) is 0. The van der Waals surface area contributed by atoms with E-state index in [0.29, 0.717) is 12.3 Å². The smallest absolute Gasteiger partial charge is 0.255 e. The summed E-state index contributed by atoms with van der Waals surface area (Å²) in [5.41, 5.74) is -2.19. The molecule has 0 fully saturated rings. The summed E-state index contributed by atoms with van der Waals surface area (Å²) >= 11 is 5.24. The highest BCUT2D eigenvalue weighted by Gasteiger charge is 2.34. The van der Waals surface area contributed by atoms with Gasteiger partial charge in [-0.15, -0.1) is 11.6 Å². The largest absolute Gasteiger partial charge is 0.418 e. The zero-order valence-corrected chi connectivity index (χ0v) is 7.91. The molecular weight excluding hydrogens is 241 g/mol. The van der Waals surface area contributed by atoms with Gasteiger partial charge in [0.25, 0.3) is 6.43 Å². The minimum Gasteiger partial charge on any atom is -0.255 e. The first-order valence-corrected chi connectivity index (χ1v) is 4.30. The summed E-state index contributed by atoms with van der Waals surface area (Å²) in [5, 5.41) is 0. The van der Waals surface area contributed by atoms with E-state index in [-0.39, 0.29) is 0 Å². The van der Waals surface area contributed by atoms with Gasteiger partial charge in [-0.1, -0.05) is 0 Å². The van der Waals surface area contributed by atoms with Crippen molar-refractivity contribution in [3.8, 4) is 0 Å². The van der Waals surface area contributed by atoms with Crippen LogP contribution in [0.4, 0.5) is 22.0 Å². The highest BCUT2D eigenvalue weighted by molar-refractivity contribution is 6.17. The van der Waals surface area contributed by atoms with E-state index < -0.39 is 35.3 Å². The van der Waals surface area contributed by atoms with Crippen LogP contribution in [0.1, 0.15) is 23.2 Å². The van der Waals surface area contributed by atoms with E-state index in [1.54, 1.807) is 0 Å². The van der Waals surface area contributed by atoms with Crippen molar-refractivity contribution in [3.05, 3.63) is 29.1 Å². The van der Waals surface area contributed by atoms with Gasteiger partial charge < -0.3 is 0 Å². The van der Waals surface area contributed by atoms with Crippen LogP contribution in [0.25, 0.3) is 0 Å². The molecule has 0 spiro atoms. The third kappa shape index (κ3) is 2.77. The first kappa shape index (κ1) is 12.2. The van der Waals surface area contributed by atoms with Gasteiger partial charge >= 0.3 is 6.18 Å². The molecule has 0 amide bonds. The molecule has 0 saturated heterocycles. The predicted molar refractivity (Wildman–Crippen MR) is 43.8 cm³/mol. The topological polar surface area (TPSA) is 12.9 Å². The summed E-state index contributed by atoms with van der Waals surface area (Å²) < 4.78 is 61.1. The summed E-state index contributed by atoms with van der Waals surface area (Å²) in [7, 11) is 0. The Kier molecular flexibility index (Phi) is 3.49. The van der Waals surface area contributed by atoms with Gasteiger partial charge in [-0.25, -0.2) is 8.78 Å². The van der Waals surface area contributed by atoms with Crippen molar-refractivity contribution >= 4 is 11.6 Å². The summed E-state index contributed by atoms with van der Waals surface area (Å²) in [5.74, 6) is -0.489. The molecule has 0 saturated carbocycles. The SMILES string of the molecule is FC(F)c1cc(CCl)c(C(F)(F)F)cn1. The number of aromatic nitrogens is 1. The van der Waals surface area contributed by atoms with Crippen molar-refractivity contribution in [2.45, 2.75) is 18.5 Å². The van der Waals surface area contributed by atoms with Crippen molar-refractivity contribution in [2.24, 2.45) is 0 Å². The number of pyridine rings is 1. The van der Waals surface area contributed by atoms with E-state index in [2.05, 4.69) is 4.98 Å². The zero-order chi connectivity index (χ0) is 11.6. The van der Waals surface area contributed by atoms with Crippen molar-refractivity contribution in [1.29, 1.82) is 0 Å². The van der Waals surface area contributed by atoms with Gasteiger partial charge in [0, 0.05) is 12.1 Å². The molecule has 84 valence electrons. The normalized spacial score (nSPS) is 12.2. The Morgan fingerprint density at radius 1 is 1.33 bits per heavy atom. The fraction of sp³-hybridized carbons (Fsp3) is 0.375. The molecular formula is C8H5ClF5N. The van der Waals surface area contributed by atoms with E-state index in [4.69, 9.17) is 11.6 Å². The maximum absolute atomic E-state index is 12.3. The molecule has 0 aromatic carbocycles. The van der Waals surface area contributed by atoms with Gasteiger partial charge in [0.1, 0.15) is 5.69 Å². The van der Waals surface area contributed by atoms with Gasteiger partial charge in [-0.05, 0) is 11.6 Å². The van der Waals surface area contributed by atoms with E-state index in [9.17, 15) is 22.0 Å². The lowest BCUT2D eigenvalue weighted by Gasteiger charge is -2.11. The van der Waals surface area contributed by atoms with Gasteiger partial charge in [-0.2, -0.15) is 13.2 Å². The molecule has 1 nitrogen and oxygen atoms in total. The number of rotatable bonds is 2. The molecule has 15 heavy (non-hydrogen) atoms. The number of hydrogen-bond acceptors (Lipinski definition) is 1. The molecule has 0 aliphatic carbocycles. The minimum atomic E-state index is -4.63. The van der Waals surface area contributed by atoms with Crippen molar-refractivity contribution in [2.75, 3.05) is 0 Å². The van der Waals surface area contributed by atoms with E-state index in [1.165, 1.54) is 0 Å². The monoisotopic (exact) mass is 245 g/mol. The van der Waals surface area contributed by atoms with Crippen LogP contribution in [0.3, 0.4) is 0 Å². The Morgan fingerprint density at radius 2 is 1.93 bits per heavy atom. The average Bonchev–Trinajstić information content (AvgIpc) is 2.15. The maximum atomic E-state index is 12.3. The quantitative estimate of drug-likeness (QED) is 0.571. The number of alkyl halides is 6. The average molecular weight is 246 g/mol. The number of halogens is 6. The molecule has 0 aliphatic heterocycles. The summed E-state index contributed by atoms with van der Waals surface area (Å²) in [6, 6.07) is 0.667. The Bertz CT molecular complexity index is 349. The van der Waals surface area contributed by atoms with E-state index in [1.807, 2.05) is 0 Å². The Balaban J connectivity index is 3.21. The molecule has 0 radical (unpaired) electrons. The van der Waals surface area contributed by atoms with Crippen LogP contribution < -0.4 is 0 Å². The Morgan fingerprint density at radius 3 is 2.33 bits per heavy atom. The van der Waals surface area contributed by atoms with Crippen LogP contribution in [0.15, 0.2) is 12.3 Å². The lowest BCUT2D eigenvalue weighted by molar-refractivity contribution is -0.138. The Labute approximate surface area is 86.9 Å². The van der Waals surface area contributed by atoms with Gasteiger partial charge in [0.2, 0.25) is 0 Å². The second kappa shape index (κ2) is 4.30. The Hall–Kier alpha value is -0.910. The van der Waals surface area contributed by atoms with Crippen LogP contribution >= 0.6 is 11.6 Å². The second-order valence-corrected chi connectivity index (χ2v) is 2.97. The molecule has 0 unspecified atom stereocenters.